The third-order valence-corrected chi connectivity index (χ3v) is 10.7. The first-order chi connectivity index (χ1) is 27.5. The van der Waals surface area contributed by atoms with Crippen LogP contribution in [0.1, 0.15) is 141 Å². The van der Waals surface area contributed by atoms with Crippen LogP contribution in [0.4, 0.5) is 0 Å². The van der Waals surface area contributed by atoms with Gasteiger partial charge in [-0.25, -0.2) is 21.6 Å². The molecule has 0 spiro atoms. The van der Waals surface area contributed by atoms with Gasteiger partial charge in [0, 0.05) is 6.42 Å². The molecule has 1 aromatic carbocycles. The van der Waals surface area contributed by atoms with Crippen LogP contribution < -0.4 is 64.4 Å². The minimum Gasteiger partial charge on any atom is -0.726 e. The number of fused-ring (bicyclic) bond motifs is 1. The quantitative estimate of drug-likeness (QED) is 0.0282. The van der Waals surface area contributed by atoms with Crippen molar-refractivity contribution in [3.8, 4) is 0 Å². The Balaban J connectivity index is 0.00000900. The number of allylic oxidation sites excluding steroid dienone is 1. The summed E-state index contributed by atoms with van der Waals surface area (Å²) < 4.78 is 109. The van der Waals surface area contributed by atoms with Crippen molar-refractivity contribution in [2.24, 2.45) is 0 Å². The van der Waals surface area contributed by atoms with Gasteiger partial charge in [-0.3, -0.25) is 13.2 Å². The molecule has 0 saturated carbocycles. The second-order valence-electron chi connectivity index (χ2n) is 15.2. The fourth-order valence-corrected chi connectivity index (χ4v) is 7.68. The monoisotopic (exact) mass is 907 g/mol. The molecule has 2 heterocycles. The van der Waals surface area contributed by atoms with Gasteiger partial charge in [-0.2, -0.15) is 0 Å². The van der Waals surface area contributed by atoms with Crippen molar-refractivity contribution in [2.75, 3.05) is 13.2 Å². The maximum atomic E-state index is 13.4. The largest absolute Gasteiger partial charge is 1.00 e. The zero-order chi connectivity index (χ0) is 42.6. The van der Waals surface area contributed by atoms with Gasteiger partial charge in [0.1, 0.15) is 24.4 Å². The average Bonchev–Trinajstić information content (AvgIpc) is 3.49. The summed E-state index contributed by atoms with van der Waals surface area (Å²) in [6, 6.07) is 7.17. The molecule has 2 aliphatic heterocycles. The summed E-state index contributed by atoms with van der Waals surface area (Å²) in [5.74, 6) is -2.45. The van der Waals surface area contributed by atoms with Crippen LogP contribution in [0.15, 0.2) is 42.5 Å². The topological polar surface area (TPSA) is 225 Å². The summed E-state index contributed by atoms with van der Waals surface area (Å²) in [5, 5.41) is 2.88. The second kappa shape index (κ2) is 29.8. The van der Waals surface area contributed by atoms with Gasteiger partial charge in [0.2, 0.25) is 26.7 Å². The summed E-state index contributed by atoms with van der Waals surface area (Å²) in [7, 11) is -10.6. The Labute approximate surface area is 401 Å². The Kier molecular flexibility index (Phi) is 28.6. The first kappa shape index (κ1) is 57.5. The molecular weight excluding hydrogens is 845 g/mol. The zero-order valence-corrected chi connectivity index (χ0v) is 41.9. The molecule has 60 heavy (non-hydrogen) atoms. The number of nitrogens with one attached hydrogen (secondary N) is 1. The number of hydrogen-bond donors (Lipinski definition) is 1. The van der Waals surface area contributed by atoms with E-state index in [4.69, 9.17) is 27.9 Å². The van der Waals surface area contributed by atoms with Crippen LogP contribution in [0, 0.1) is 0 Å². The van der Waals surface area contributed by atoms with E-state index in [2.05, 4.69) is 16.4 Å². The molecule has 3 rings (SSSR count). The van der Waals surface area contributed by atoms with Crippen LogP contribution in [0.25, 0.3) is 0 Å². The van der Waals surface area contributed by atoms with Crippen molar-refractivity contribution < 1.29 is 127 Å². The number of ether oxygens (including phenoxy) is 5. The molecule has 2 fully saturated rings. The normalized spacial score (nSPS) is 22.3. The van der Waals surface area contributed by atoms with Crippen LogP contribution in [0.2, 0.25) is 0 Å². The standard InChI is InChI=1S/C40H65NO15S2.2Na/c1-5-7-9-10-11-12-13-14-15-16-17-18-23-26-32(52-38(43)30-24-21-19-22-25-30)31(41-34(42)27-20-8-6-2)28-50-39-37(56-58(47,48)49)36-35(54-40(3,4)55-36)33(53-39)29-51-57(44,45)46;;/h19,21-26,31-33,35-37,39H,5-18,20,27-29H2,1-4H3,(H,41,42)(H,44,45,46)(H,47,48,49);;/q;2*+1/p-2/b26-23+;;/t31-,32+,33+,35-,36-,37+,39+;;/m0../s1. The van der Waals surface area contributed by atoms with E-state index >= 15 is 0 Å². The second-order valence-corrected chi connectivity index (χ2v) is 17.3. The van der Waals surface area contributed by atoms with Crippen LogP contribution in [-0.2, 0) is 57.6 Å². The SMILES string of the molecule is CCCCCCCCCCCCC/C=C/[C@@H](OC(=O)c1ccccc1)[C@H](CO[C@@H]1O[C@H](COS(=O)(=O)[O-])[C@@H]2OC(C)(C)O[C@@H]2[C@H]1OS(=O)(=O)[O-])NC(=O)CCCCC.[Na+].[Na+]. The third-order valence-electron chi connectivity index (χ3n) is 9.78. The number of carbonyl (C=O) groups excluding carboxylic acids is 2. The summed E-state index contributed by atoms with van der Waals surface area (Å²) in [4.78, 5) is 26.7. The van der Waals surface area contributed by atoms with Crippen molar-refractivity contribution in [3.63, 3.8) is 0 Å². The van der Waals surface area contributed by atoms with Crippen LogP contribution in [-0.4, -0.2) is 99.7 Å². The van der Waals surface area contributed by atoms with E-state index in [0.29, 0.717) is 12.8 Å². The summed E-state index contributed by atoms with van der Waals surface area (Å²) in [5.41, 5.74) is 0.258. The molecule has 0 bridgehead atoms. The van der Waals surface area contributed by atoms with Gasteiger partial charge in [-0.05, 0) is 51.3 Å². The van der Waals surface area contributed by atoms with E-state index in [9.17, 15) is 35.5 Å². The van der Waals surface area contributed by atoms with Gasteiger partial charge in [-0.1, -0.05) is 115 Å². The maximum Gasteiger partial charge on any atom is 1.00 e. The Morgan fingerprint density at radius 2 is 1.38 bits per heavy atom. The van der Waals surface area contributed by atoms with E-state index in [0.717, 1.165) is 38.5 Å². The van der Waals surface area contributed by atoms with E-state index in [-0.39, 0.29) is 77.0 Å². The zero-order valence-electron chi connectivity index (χ0n) is 36.3. The van der Waals surface area contributed by atoms with E-state index in [1.54, 1.807) is 36.4 Å². The Morgan fingerprint density at radius 3 is 1.97 bits per heavy atom. The predicted molar refractivity (Wildman–Crippen MR) is 211 cm³/mol. The van der Waals surface area contributed by atoms with Crippen molar-refractivity contribution >= 4 is 32.7 Å². The predicted octanol–water partition coefficient (Wildman–Crippen LogP) is 0.126. The number of amides is 1. The number of rotatable bonds is 29. The van der Waals surface area contributed by atoms with E-state index in [1.165, 1.54) is 58.8 Å². The molecule has 1 N–H and O–H groups in total. The number of esters is 1. The third kappa shape index (κ3) is 22.9. The molecular formula is C40H63NNa2O15S2. The molecule has 2 aliphatic rings. The maximum absolute atomic E-state index is 13.4. The smallest absolute Gasteiger partial charge is 0.726 e. The van der Waals surface area contributed by atoms with Crippen LogP contribution in [0.5, 0.6) is 0 Å². The molecule has 0 radical (unpaired) electrons. The summed E-state index contributed by atoms with van der Waals surface area (Å²) >= 11 is 0. The van der Waals surface area contributed by atoms with Gasteiger partial charge < -0.3 is 38.1 Å². The van der Waals surface area contributed by atoms with Crippen LogP contribution >= 0.6 is 0 Å². The molecule has 1 amide bonds. The van der Waals surface area contributed by atoms with Crippen molar-refractivity contribution in [1.29, 1.82) is 0 Å². The number of carbonyl (C=O) groups is 2. The van der Waals surface area contributed by atoms with Gasteiger partial charge in [0.05, 0.1) is 24.8 Å². The van der Waals surface area contributed by atoms with Gasteiger partial charge in [0.15, 0.2) is 18.2 Å². The van der Waals surface area contributed by atoms with Crippen LogP contribution in [0.3, 0.4) is 0 Å². The molecule has 2 saturated heterocycles. The van der Waals surface area contributed by atoms with Crippen molar-refractivity contribution in [1.82, 2.24) is 5.32 Å². The van der Waals surface area contributed by atoms with Gasteiger partial charge in [-0.15, -0.1) is 0 Å². The van der Waals surface area contributed by atoms with E-state index < -0.39 is 88.6 Å². The van der Waals surface area contributed by atoms with E-state index in [1.807, 2.05) is 13.0 Å². The first-order valence-electron chi connectivity index (χ1n) is 20.6. The molecule has 0 aliphatic carbocycles. The molecule has 16 nitrogen and oxygen atoms in total. The van der Waals surface area contributed by atoms with Gasteiger partial charge in [0.25, 0.3) is 0 Å². The minimum absolute atomic E-state index is 0. The molecule has 0 aromatic heterocycles. The average molecular weight is 908 g/mol. The molecule has 332 valence electrons. The Hall–Kier alpha value is -0.520. The van der Waals surface area contributed by atoms with Gasteiger partial charge >= 0.3 is 65.1 Å². The molecule has 20 heteroatoms. The Bertz CT molecular complexity index is 1620. The molecule has 1 aromatic rings. The number of unbranched alkanes of at least 4 members (excludes halogenated alkanes) is 13. The fraction of sp³-hybridized carbons (Fsp3) is 0.750. The first-order valence-corrected chi connectivity index (χ1v) is 23.3. The number of hydrogen-bond acceptors (Lipinski definition) is 15. The molecule has 7 atom stereocenters. The number of benzene rings is 1. The summed E-state index contributed by atoms with van der Waals surface area (Å²) in [6.45, 7) is 5.79. The minimum atomic E-state index is -5.42. The van der Waals surface area contributed by atoms with Crippen molar-refractivity contribution in [3.05, 3.63) is 48.0 Å². The fourth-order valence-electron chi connectivity index (χ4n) is 6.91. The summed E-state index contributed by atoms with van der Waals surface area (Å²) in [6.07, 6.45) is 10.9. The molecule has 0 unspecified atom stereocenters. The Morgan fingerprint density at radius 1 is 0.817 bits per heavy atom. The van der Waals surface area contributed by atoms with Crippen molar-refractivity contribution in [2.45, 2.75) is 179 Å².